The lowest BCUT2D eigenvalue weighted by Crippen LogP contribution is -2.48. The van der Waals surface area contributed by atoms with Crippen molar-refractivity contribution in [1.82, 2.24) is 15.1 Å². The number of nitrogens with zero attached hydrogens (tertiary/aromatic N) is 3. The average molecular weight is 502 g/mol. The molecular formula is C20H25F2N5O6S. The van der Waals surface area contributed by atoms with Crippen LogP contribution in [0.15, 0.2) is 29.3 Å². The molecule has 1 aliphatic heterocycles. The first-order valence-corrected chi connectivity index (χ1v) is 11.7. The number of hydrogen-bond donors (Lipinski definition) is 2. The number of halogens is 2. The molecule has 0 unspecified atom stereocenters. The summed E-state index contributed by atoms with van der Waals surface area (Å²) in [6, 6.07) is 4.32. The molecular weight excluding hydrogens is 476 g/mol. The number of ether oxygens (including phenoxy) is 2. The predicted octanol–water partition coefficient (Wildman–Crippen LogP) is 2.64. The van der Waals surface area contributed by atoms with Crippen LogP contribution < -0.4 is 19.7 Å². The molecule has 3 rings (SSSR count). The largest absolute Gasteiger partial charge is 0.484 e. The molecule has 14 heteroatoms. The summed E-state index contributed by atoms with van der Waals surface area (Å²) in [5, 5.41) is 8.66. The average Bonchev–Trinajstić information content (AvgIpc) is 3.14. The van der Waals surface area contributed by atoms with E-state index in [0.29, 0.717) is 0 Å². The van der Waals surface area contributed by atoms with Gasteiger partial charge in [0.1, 0.15) is 16.7 Å². The number of aromatic nitrogens is 2. The fraction of sp³-hybridized carbons (Fsp3) is 0.450. The maximum absolute atomic E-state index is 13.5. The molecule has 0 bridgehead atoms. The maximum Gasteiger partial charge on any atom is 0.411 e. The quantitative estimate of drug-likeness (QED) is 0.596. The van der Waals surface area contributed by atoms with Gasteiger partial charge in [0.05, 0.1) is 36.8 Å². The Balaban J connectivity index is 2.02. The van der Waals surface area contributed by atoms with Crippen LogP contribution in [0.25, 0.3) is 0 Å². The Bertz CT molecular complexity index is 1180. The van der Waals surface area contributed by atoms with Gasteiger partial charge < -0.3 is 14.8 Å². The molecule has 0 aliphatic carbocycles. The minimum absolute atomic E-state index is 0.0107. The zero-order valence-electron chi connectivity index (χ0n) is 18.9. The number of carbonyl (C=O) groups is 2. The van der Waals surface area contributed by atoms with Gasteiger partial charge in [-0.2, -0.15) is 13.9 Å². The first-order chi connectivity index (χ1) is 15.9. The molecule has 186 valence electrons. The predicted molar refractivity (Wildman–Crippen MR) is 118 cm³/mol. The number of anilines is 2. The second-order valence-corrected chi connectivity index (χ2v) is 9.64. The molecule has 1 aromatic carbocycles. The lowest BCUT2D eigenvalue weighted by atomic mass is 10.2. The summed E-state index contributed by atoms with van der Waals surface area (Å²) in [6.07, 6.45) is -1.11. The summed E-state index contributed by atoms with van der Waals surface area (Å²) in [4.78, 5) is 22.9. The highest BCUT2D eigenvalue weighted by Gasteiger charge is 2.37. The van der Waals surface area contributed by atoms with Crippen molar-refractivity contribution in [3.63, 3.8) is 0 Å². The van der Waals surface area contributed by atoms with Gasteiger partial charge in [-0.05, 0) is 39.0 Å². The molecule has 2 aromatic rings. The van der Waals surface area contributed by atoms with Crippen LogP contribution in [0.1, 0.15) is 33.0 Å². The van der Waals surface area contributed by atoms with E-state index >= 15 is 0 Å². The molecule has 0 spiro atoms. The Morgan fingerprint density at radius 2 is 2.03 bits per heavy atom. The van der Waals surface area contributed by atoms with E-state index in [1.54, 1.807) is 13.8 Å². The highest BCUT2D eigenvalue weighted by Crippen LogP contribution is 2.39. The van der Waals surface area contributed by atoms with Crippen LogP contribution in [-0.4, -0.2) is 55.5 Å². The van der Waals surface area contributed by atoms with Crippen molar-refractivity contribution < 1.29 is 36.3 Å². The van der Waals surface area contributed by atoms with Crippen molar-refractivity contribution in [3.8, 4) is 5.75 Å². The zero-order chi connectivity index (χ0) is 25.2. The SMILES string of the molecule is CC(=O)NC[C@H]1CN(S(=O)(=O)c2cn(C(F)F)nc2C)c2cc(NC(=O)OC(C)C)ccc2O1. The van der Waals surface area contributed by atoms with Gasteiger partial charge in [-0.3, -0.25) is 14.4 Å². The van der Waals surface area contributed by atoms with E-state index in [1.165, 1.54) is 32.0 Å². The minimum atomic E-state index is -4.37. The van der Waals surface area contributed by atoms with Gasteiger partial charge in [0.15, 0.2) is 0 Å². The van der Waals surface area contributed by atoms with Crippen molar-refractivity contribution in [1.29, 1.82) is 0 Å². The summed E-state index contributed by atoms with van der Waals surface area (Å²) >= 11 is 0. The molecule has 1 aromatic heterocycles. The zero-order valence-corrected chi connectivity index (χ0v) is 19.7. The molecule has 2 heterocycles. The van der Waals surface area contributed by atoms with Crippen LogP contribution in [0.3, 0.4) is 0 Å². The van der Waals surface area contributed by atoms with Gasteiger partial charge in [0.25, 0.3) is 10.0 Å². The van der Waals surface area contributed by atoms with Crippen LogP contribution >= 0.6 is 0 Å². The molecule has 0 saturated carbocycles. The van der Waals surface area contributed by atoms with Crippen molar-refractivity contribution in [2.24, 2.45) is 0 Å². The van der Waals surface area contributed by atoms with E-state index < -0.39 is 33.7 Å². The number of sulfonamides is 1. The molecule has 0 fully saturated rings. The summed E-state index contributed by atoms with van der Waals surface area (Å²) in [5.74, 6) is -0.173. The van der Waals surface area contributed by atoms with E-state index in [-0.39, 0.29) is 52.6 Å². The number of rotatable bonds is 7. The van der Waals surface area contributed by atoms with Crippen molar-refractivity contribution in [2.75, 3.05) is 22.7 Å². The van der Waals surface area contributed by atoms with Crippen molar-refractivity contribution in [3.05, 3.63) is 30.1 Å². The number of amides is 2. The Hall–Kier alpha value is -3.42. The third kappa shape index (κ3) is 5.55. The topological polar surface area (TPSA) is 132 Å². The van der Waals surface area contributed by atoms with E-state index in [0.717, 1.165) is 10.5 Å². The molecule has 1 atom stereocenters. The fourth-order valence-corrected chi connectivity index (χ4v) is 4.94. The molecule has 2 N–H and O–H groups in total. The monoisotopic (exact) mass is 501 g/mol. The number of hydrogen-bond acceptors (Lipinski definition) is 7. The van der Waals surface area contributed by atoms with Gasteiger partial charge in [0.2, 0.25) is 5.91 Å². The standard InChI is InChI=1S/C20H25F2N5O6S/c1-11(2)32-20(29)24-14-5-6-17-16(7-14)27(9-15(33-17)8-23-13(4)28)34(30,31)18-10-26(19(21)22)25-12(18)3/h5-7,10-11,15,19H,8-9H2,1-4H3,(H,23,28)(H,24,29)/t15-/m0/s1. The summed E-state index contributed by atoms with van der Waals surface area (Å²) in [6.45, 7) is 2.72. The number of alkyl halides is 2. The van der Waals surface area contributed by atoms with Crippen molar-refractivity contribution in [2.45, 2.75) is 51.3 Å². The molecule has 2 amide bonds. The Kier molecular flexibility index (Phi) is 7.29. The van der Waals surface area contributed by atoms with Crippen LogP contribution in [0.5, 0.6) is 5.75 Å². The smallest absolute Gasteiger partial charge is 0.411 e. The second-order valence-electron chi connectivity index (χ2n) is 7.81. The lowest BCUT2D eigenvalue weighted by molar-refractivity contribution is -0.119. The van der Waals surface area contributed by atoms with E-state index in [2.05, 4.69) is 15.7 Å². The summed E-state index contributed by atoms with van der Waals surface area (Å²) in [5.41, 5.74) is 0.195. The van der Waals surface area contributed by atoms with Gasteiger partial charge in [-0.15, -0.1) is 0 Å². The Labute approximate surface area is 195 Å². The number of fused-ring (bicyclic) bond motifs is 1. The van der Waals surface area contributed by atoms with Crippen LogP contribution in [0.4, 0.5) is 25.0 Å². The maximum atomic E-state index is 13.5. The number of carbonyl (C=O) groups excluding carboxylic acids is 2. The van der Waals surface area contributed by atoms with E-state index in [9.17, 15) is 26.8 Å². The van der Waals surface area contributed by atoms with E-state index in [4.69, 9.17) is 9.47 Å². The lowest BCUT2D eigenvalue weighted by Gasteiger charge is -2.35. The van der Waals surface area contributed by atoms with Gasteiger partial charge in [-0.25, -0.2) is 17.9 Å². The van der Waals surface area contributed by atoms with E-state index in [1.807, 2.05) is 0 Å². The molecule has 11 nitrogen and oxygen atoms in total. The molecule has 0 saturated heterocycles. The Morgan fingerprint density at radius 3 is 2.62 bits per heavy atom. The normalized spacial score (nSPS) is 15.6. The van der Waals surface area contributed by atoms with Crippen LogP contribution in [-0.2, 0) is 19.6 Å². The van der Waals surface area contributed by atoms with Gasteiger partial charge >= 0.3 is 12.6 Å². The van der Waals surface area contributed by atoms with Gasteiger partial charge in [0, 0.05) is 12.6 Å². The first kappa shape index (κ1) is 25.2. The van der Waals surface area contributed by atoms with Crippen molar-refractivity contribution >= 4 is 33.4 Å². The highest BCUT2D eigenvalue weighted by atomic mass is 32.2. The summed E-state index contributed by atoms with van der Waals surface area (Å²) in [7, 11) is -4.37. The first-order valence-electron chi connectivity index (χ1n) is 10.3. The minimum Gasteiger partial charge on any atom is -0.484 e. The van der Waals surface area contributed by atoms with Crippen LogP contribution in [0.2, 0.25) is 0 Å². The summed E-state index contributed by atoms with van der Waals surface area (Å²) < 4.78 is 65.4. The van der Waals surface area contributed by atoms with Crippen LogP contribution in [0, 0.1) is 6.92 Å². The number of aryl methyl sites for hydroxylation is 1. The second kappa shape index (κ2) is 9.83. The Morgan fingerprint density at radius 1 is 1.32 bits per heavy atom. The highest BCUT2D eigenvalue weighted by molar-refractivity contribution is 7.92. The molecule has 0 radical (unpaired) electrons. The molecule has 1 aliphatic rings. The number of nitrogens with one attached hydrogen (secondary N) is 2. The third-order valence-electron chi connectivity index (χ3n) is 4.70. The third-order valence-corrected chi connectivity index (χ3v) is 6.58. The van der Waals surface area contributed by atoms with Gasteiger partial charge in [-0.1, -0.05) is 0 Å². The fourth-order valence-electron chi connectivity index (χ4n) is 3.28. The molecule has 34 heavy (non-hydrogen) atoms. The number of benzene rings is 1.